The van der Waals surface area contributed by atoms with Gasteiger partial charge in [0.25, 0.3) is 11.8 Å². The number of nitrogens with zero attached hydrogens (tertiary/aromatic N) is 1. The molecule has 0 saturated heterocycles. The molecule has 0 saturated carbocycles. The van der Waals surface area contributed by atoms with E-state index in [1.54, 1.807) is 24.3 Å². The summed E-state index contributed by atoms with van der Waals surface area (Å²) in [6.45, 7) is 3.63. The summed E-state index contributed by atoms with van der Waals surface area (Å²) in [5.74, 6) is -1.32. The Morgan fingerprint density at radius 3 is 2.27 bits per heavy atom. The summed E-state index contributed by atoms with van der Waals surface area (Å²) in [5.41, 5.74) is 3.44. The van der Waals surface area contributed by atoms with Gasteiger partial charge in [-0.2, -0.15) is 5.10 Å². The first kappa shape index (κ1) is 19.6. The fraction of sp³-hybridized carbons (Fsp3) is 0.211. The van der Waals surface area contributed by atoms with Gasteiger partial charge in [0.05, 0.1) is 6.21 Å². The van der Waals surface area contributed by atoms with Gasteiger partial charge in [0.2, 0.25) is 0 Å². The molecule has 0 aliphatic heterocycles. The van der Waals surface area contributed by atoms with Crippen LogP contribution in [0, 0.1) is 11.7 Å². The van der Waals surface area contributed by atoms with Gasteiger partial charge in [-0.25, -0.2) is 9.82 Å². The van der Waals surface area contributed by atoms with Crippen LogP contribution in [0.5, 0.6) is 0 Å². The highest BCUT2D eigenvalue weighted by molar-refractivity contribution is 6.30. The Morgan fingerprint density at radius 1 is 1.08 bits per heavy atom. The highest BCUT2D eigenvalue weighted by Crippen LogP contribution is 2.10. The molecule has 0 bridgehead atoms. The van der Waals surface area contributed by atoms with Crippen molar-refractivity contribution in [1.29, 1.82) is 0 Å². The lowest BCUT2D eigenvalue weighted by molar-refractivity contribution is -0.123. The molecule has 2 aromatic carbocycles. The molecular weight excluding hydrogens is 357 g/mol. The first-order chi connectivity index (χ1) is 12.4. The summed E-state index contributed by atoms with van der Waals surface area (Å²) in [6.07, 6.45) is 1.40. The van der Waals surface area contributed by atoms with E-state index in [-0.39, 0.29) is 17.6 Å². The van der Waals surface area contributed by atoms with Crippen molar-refractivity contribution >= 4 is 29.6 Å². The molecule has 0 aliphatic rings. The molecule has 26 heavy (non-hydrogen) atoms. The van der Waals surface area contributed by atoms with Crippen LogP contribution in [0.1, 0.15) is 29.8 Å². The second-order valence-corrected chi connectivity index (χ2v) is 6.42. The van der Waals surface area contributed by atoms with Crippen LogP contribution in [0.4, 0.5) is 4.39 Å². The molecule has 136 valence electrons. The van der Waals surface area contributed by atoms with Crippen molar-refractivity contribution in [3.05, 3.63) is 70.5 Å². The van der Waals surface area contributed by atoms with Gasteiger partial charge in [0.1, 0.15) is 11.9 Å². The van der Waals surface area contributed by atoms with E-state index in [9.17, 15) is 14.0 Å². The fourth-order valence-corrected chi connectivity index (χ4v) is 2.28. The van der Waals surface area contributed by atoms with E-state index in [2.05, 4.69) is 15.8 Å². The van der Waals surface area contributed by atoms with Gasteiger partial charge in [0, 0.05) is 10.6 Å². The predicted octanol–water partition coefficient (Wildman–Crippen LogP) is 3.38. The third kappa shape index (κ3) is 5.67. The molecule has 0 radical (unpaired) electrons. The van der Waals surface area contributed by atoms with Gasteiger partial charge in [0.15, 0.2) is 0 Å². The monoisotopic (exact) mass is 375 g/mol. The number of hydrazone groups is 1. The van der Waals surface area contributed by atoms with E-state index in [1.807, 2.05) is 13.8 Å². The van der Waals surface area contributed by atoms with Crippen molar-refractivity contribution in [3.63, 3.8) is 0 Å². The molecular formula is C19H19ClFN3O2. The Balaban J connectivity index is 1.99. The molecule has 0 fully saturated rings. The summed E-state index contributed by atoms with van der Waals surface area (Å²) in [6, 6.07) is 11.3. The summed E-state index contributed by atoms with van der Waals surface area (Å²) in [7, 11) is 0. The molecule has 2 aromatic rings. The molecule has 7 heteroatoms. The number of amides is 2. The molecule has 1 atom stereocenters. The number of hydrogen-bond acceptors (Lipinski definition) is 3. The van der Waals surface area contributed by atoms with E-state index in [0.717, 1.165) is 0 Å². The lowest BCUT2D eigenvalue weighted by atomic mass is 10.0. The Labute approximate surface area is 156 Å². The fourth-order valence-electron chi connectivity index (χ4n) is 2.15. The molecule has 0 spiro atoms. The lowest BCUT2D eigenvalue weighted by Gasteiger charge is -2.20. The molecule has 0 heterocycles. The number of hydrogen-bond donors (Lipinski definition) is 2. The van der Waals surface area contributed by atoms with Crippen LogP contribution >= 0.6 is 11.6 Å². The number of nitrogens with one attached hydrogen (secondary N) is 2. The van der Waals surface area contributed by atoms with Gasteiger partial charge in [-0.15, -0.1) is 0 Å². The average molecular weight is 376 g/mol. The number of benzene rings is 2. The molecule has 2 rings (SSSR count). The van der Waals surface area contributed by atoms with Crippen LogP contribution in [0.3, 0.4) is 0 Å². The van der Waals surface area contributed by atoms with Crippen molar-refractivity contribution < 1.29 is 14.0 Å². The quantitative estimate of drug-likeness (QED) is 0.600. The maximum Gasteiger partial charge on any atom is 0.262 e. The minimum Gasteiger partial charge on any atom is -0.340 e. The Hall–Kier alpha value is -2.73. The van der Waals surface area contributed by atoms with Crippen LogP contribution in [-0.2, 0) is 4.79 Å². The zero-order valence-corrected chi connectivity index (χ0v) is 15.1. The van der Waals surface area contributed by atoms with Gasteiger partial charge >= 0.3 is 0 Å². The normalized spacial score (nSPS) is 12.2. The predicted molar refractivity (Wildman–Crippen MR) is 99.7 cm³/mol. The molecule has 2 amide bonds. The third-order valence-corrected chi connectivity index (χ3v) is 3.85. The molecule has 0 aliphatic carbocycles. The van der Waals surface area contributed by atoms with Crippen molar-refractivity contribution in [3.8, 4) is 0 Å². The summed E-state index contributed by atoms with van der Waals surface area (Å²) in [5, 5.41) is 7.06. The van der Waals surface area contributed by atoms with E-state index in [0.29, 0.717) is 16.1 Å². The highest BCUT2D eigenvalue weighted by Gasteiger charge is 2.24. The van der Waals surface area contributed by atoms with Crippen LogP contribution in [0.2, 0.25) is 5.02 Å². The van der Waals surface area contributed by atoms with Crippen LogP contribution in [-0.4, -0.2) is 24.1 Å². The third-order valence-electron chi connectivity index (χ3n) is 3.60. The number of halogens is 2. The van der Waals surface area contributed by atoms with Crippen LogP contribution in [0.15, 0.2) is 53.6 Å². The lowest BCUT2D eigenvalue weighted by Crippen LogP contribution is -2.48. The van der Waals surface area contributed by atoms with Crippen molar-refractivity contribution in [1.82, 2.24) is 10.7 Å². The van der Waals surface area contributed by atoms with Crippen molar-refractivity contribution in [2.75, 3.05) is 0 Å². The second-order valence-electron chi connectivity index (χ2n) is 5.99. The van der Waals surface area contributed by atoms with Crippen LogP contribution < -0.4 is 10.7 Å². The zero-order chi connectivity index (χ0) is 19.1. The molecule has 2 N–H and O–H groups in total. The van der Waals surface area contributed by atoms with E-state index in [1.165, 1.54) is 30.5 Å². The van der Waals surface area contributed by atoms with Crippen LogP contribution in [0.25, 0.3) is 0 Å². The largest absolute Gasteiger partial charge is 0.340 e. The van der Waals surface area contributed by atoms with Gasteiger partial charge < -0.3 is 5.32 Å². The molecule has 1 unspecified atom stereocenters. The Morgan fingerprint density at radius 2 is 1.69 bits per heavy atom. The summed E-state index contributed by atoms with van der Waals surface area (Å²) < 4.78 is 12.9. The average Bonchev–Trinajstić information content (AvgIpc) is 2.61. The molecule has 5 nitrogen and oxygen atoms in total. The number of carbonyl (C=O) groups is 2. The summed E-state index contributed by atoms with van der Waals surface area (Å²) in [4.78, 5) is 24.6. The Kier molecular flexibility index (Phi) is 6.86. The SMILES string of the molecule is CC(C)C(NC(=O)c1ccc(Cl)cc1)C(=O)NN=Cc1ccc(F)cc1. The van der Waals surface area contributed by atoms with Gasteiger partial charge in [-0.1, -0.05) is 37.6 Å². The van der Waals surface area contributed by atoms with Gasteiger partial charge in [-0.3, -0.25) is 9.59 Å². The minimum atomic E-state index is -0.761. The standard InChI is InChI=1S/C19H19ClFN3O2/c1-12(2)17(23-18(25)14-5-7-15(20)8-6-14)19(26)24-22-11-13-3-9-16(21)10-4-13/h3-12,17H,1-2H3,(H,23,25)(H,24,26). The zero-order valence-electron chi connectivity index (χ0n) is 14.4. The van der Waals surface area contributed by atoms with Crippen molar-refractivity contribution in [2.24, 2.45) is 11.0 Å². The highest BCUT2D eigenvalue weighted by atomic mass is 35.5. The molecule has 0 aromatic heterocycles. The first-order valence-corrected chi connectivity index (χ1v) is 8.39. The number of carbonyl (C=O) groups excluding carboxylic acids is 2. The number of rotatable bonds is 6. The first-order valence-electron chi connectivity index (χ1n) is 8.01. The van der Waals surface area contributed by atoms with E-state index < -0.39 is 11.9 Å². The topological polar surface area (TPSA) is 70.6 Å². The van der Waals surface area contributed by atoms with Gasteiger partial charge in [-0.05, 0) is 47.9 Å². The van der Waals surface area contributed by atoms with E-state index >= 15 is 0 Å². The summed E-state index contributed by atoms with van der Waals surface area (Å²) >= 11 is 5.81. The second kappa shape index (κ2) is 9.10. The minimum absolute atomic E-state index is 0.146. The maximum absolute atomic E-state index is 12.9. The smallest absolute Gasteiger partial charge is 0.262 e. The van der Waals surface area contributed by atoms with Crippen molar-refractivity contribution in [2.45, 2.75) is 19.9 Å². The maximum atomic E-state index is 12.9. The Bertz CT molecular complexity index is 789. The van der Waals surface area contributed by atoms with E-state index in [4.69, 9.17) is 11.6 Å².